The van der Waals surface area contributed by atoms with Crippen molar-refractivity contribution in [1.82, 2.24) is 5.32 Å². The third-order valence-corrected chi connectivity index (χ3v) is 3.60. The molecule has 100 valence electrons. The van der Waals surface area contributed by atoms with E-state index in [1.165, 1.54) is 5.56 Å². The molecule has 18 heavy (non-hydrogen) atoms. The van der Waals surface area contributed by atoms with E-state index in [4.69, 9.17) is 9.47 Å². The molecule has 1 heterocycles. The summed E-state index contributed by atoms with van der Waals surface area (Å²) in [5.74, 6) is 2.23. The lowest BCUT2D eigenvalue weighted by Crippen LogP contribution is -2.33. The molecule has 0 aliphatic carbocycles. The molecule has 0 spiro atoms. The summed E-state index contributed by atoms with van der Waals surface area (Å²) in [7, 11) is 0. The van der Waals surface area contributed by atoms with Crippen molar-refractivity contribution in [3.63, 3.8) is 0 Å². The molecule has 3 nitrogen and oxygen atoms in total. The van der Waals surface area contributed by atoms with Crippen LogP contribution in [0.4, 0.5) is 0 Å². The van der Waals surface area contributed by atoms with E-state index >= 15 is 0 Å². The lowest BCUT2D eigenvalue weighted by atomic mass is 9.91. The molecule has 2 atom stereocenters. The van der Waals surface area contributed by atoms with Crippen LogP contribution < -0.4 is 14.8 Å². The van der Waals surface area contributed by atoms with Gasteiger partial charge in [0.15, 0.2) is 11.5 Å². The Balaban J connectivity index is 2.17. The molecule has 2 rings (SSSR count). The molecule has 1 N–H and O–H groups in total. The van der Waals surface area contributed by atoms with Crippen molar-refractivity contribution in [1.29, 1.82) is 0 Å². The smallest absolute Gasteiger partial charge is 0.161 e. The lowest BCUT2D eigenvalue weighted by Gasteiger charge is -2.26. The van der Waals surface area contributed by atoms with E-state index in [1.807, 2.05) is 6.07 Å². The Kier molecular flexibility index (Phi) is 4.48. The van der Waals surface area contributed by atoms with Gasteiger partial charge >= 0.3 is 0 Å². The van der Waals surface area contributed by atoms with Gasteiger partial charge in [0.2, 0.25) is 0 Å². The maximum atomic E-state index is 5.64. The zero-order valence-corrected chi connectivity index (χ0v) is 11.5. The number of ether oxygens (including phenoxy) is 2. The standard InChI is InChI=1S/C15H23NO2/c1-4-13(16-5-2)11(3)12-6-7-14-15(10-12)18-9-8-17-14/h6-7,10-11,13,16H,4-5,8-9H2,1-3H3. The average molecular weight is 249 g/mol. The fourth-order valence-electron chi connectivity index (χ4n) is 2.51. The summed E-state index contributed by atoms with van der Waals surface area (Å²) < 4.78 is 11.2. The zero-order chi connectivity index (χ0) is 13.0. The highest BCUT2D eigenvalue weighted by molar-refractivity contribution is 5.45. The van der Waals surface area contributed by atoms with E-state index in [0.29, 0.717) is 25.2 Å². The molecule has 1 aromatic carbocycles. The monoisotopic (exact) mass is 249 g/mol. The third kappa shape index (κ3) is 2.78. The van der Waals surface area contributed by atoms with Gasteiger partial charge < -0.3 is 14.8 Å². The van der Waals surface area contributed by atoms with Gasteiger partial charge in [-0.2, -0.15) is 0 Å². The average Bonchev–Trinajstić information content (AvgIpc) is 2.43. The first kappa shape index (κ1) is 13.2. The second kappa shape index (κ2) is 6.10. The summed E-state index contributed by atoms with van der Waals surface area (Å²) in [5.41, 5.74) is 1.31. The molecule has 2 unspecified atom stereocenters. The minimum Gasteiger partial charge on any atom is -0.486 e. The van der Waals surface area contributed by atoms with E-state index < -0.39 is 0 Å². The van der Waals surface area contributed by atoms with Crippen molar-refractivity contribution in [2.24, 2.45) is 0 Å². The Morgan fingerprint density at radius 3 is 2.56 bits per heavy atom. The zero-order valence-electron chi connectivity index (χ0n) is 11.5. The molecule has 0 amide bonds. The van der Waals surface area contributed by atoms with Crippen molar-refractivity contribution >= 4 is 0 Å². The van der Waals surface area contributed by atoms with Gasteiger partial charge in [-0.3, -0.25) is 0 Å². The Hall–Kier alpha value is -1.22. The second-order valence-corrected chi connectivity index (χ2v) is 4.76. The largest absolute Gasteiger partial charge is 0.486 e. The molecule has 1 aliphatic heterocycles. The fraction of sp³-hybridized carbons (Fsp3) is 0.600. The predicted molar refractivity (Wildman–Crippen MR) is 73.6 cm³/mol. The number of hydrogen-bond acceptors (Lipinski definition) is 3. The fourth-order valence-corrected chi connectivity index (χ4v) is 2.51. The van der Waals surface area contributed by atoms with E-state index in [2.05, 4.69) is 38.2 Å². The number of fused-ring (bicyclic) bond motifs is 1. The molecule has 0 fully saturated rings. The summed E-state index contributed by atoms with van der Waals surface area (Å²) in [6.07, 6.45) is 1.13. The highest BCUT2D eigenvalue weighted by atomic mass is 16.6. The second-order valence-electron chi connectivity index (χ2n) is 4.76. The van der Waals surface area contributed by atoms with E-state index in [0.717, 1.165) is 24.5 Å². The summed E-state index contributed by atoms with van der Waals surface area (Å²) in [4.78, 5) is 0. The Labute approximate surface area is 109 Å². The first-order valence-corrected chi connectivity index (χ1v) is 6.89. The molecule has 3 heteroatoms. The summed E-state index contributed by atoms with van der Waals surface area (Å²) in [5, 5.41) is 3.54. The first-order chi connectivity index (χ1) is 8.76. The summed E-state index contributed by atoms with van der Waals surface area (Å²) >= 11 is 0. The molecule has 1 aromatic rings. The van der Waals surface area contributed by atoms with Gasteiger partial charge in [-0.1, -0.05) is 26.8 Å². The summed E-state index contributed by atoms with van der Waals surface area (Å²) in [6, 6.07) is 6.81. The maximum Gasteiger partial charge on any atom is 0.161 e. The van der Waals surface area contributed by atoms with Crippen LogP contribution in [0.5, 0.6) is 11.5 Å². The minimum atomic E-state index is 0.478. The van der Waals surface area contributed by atoms with E-state index in [-0.39, 0.29) is 0 Å². The van der Waals surface area contributed by atoms with Crippen LogP contribution in [0.1, 0.15) is 38.7 Å². The van der Waals surface area contributed by atoms with Gasteiger partial charge in [0.1, 0.15) is 13.2 Å². The van der Waals surface area contributed by atoms with Crippen LogP contribution in [-0.2, 0) is 0 Å². The quantitative estimate of drug-likeness (QED) is 0.870. The molecular weight excluding hydrogens is 226 g/mol. The molecule has 0 aromatic heterocycles. The molecule has 0 bridgehead atoms. The number of hydrogen-bond donors (Lipinski definition) is 1. The van der Waals surface area contributed by atoms with Crippen LogP contribution in [0.2, 0.25) is 0 Å². The van der Waals surface area contributed by atoms with Crippen LogP contribution in [-0.4, -0.2) is 25.8 Å². The van der Waals surface area contributed by atoms with Crippen LogP contribution >= 0.6 is 0 Å². The van der Waals surface area contributed by atoms with Gasteiger partial charge in [-0.25, -0.2) is 0 Å². The number of benzene rings is 1. The predicted octanol–water partition coefficient (Wildman–Crippen LogP) is 2.95. The van der Waals surface area contributed by atoms with E-state index in [9.17, 15) is 0 Å². The van der Waals surface area contributed by atoms with Crippen LogP contribution in [0.25, 0.3) is 0 Å². The summed E-state index contributed by atoms with van der Waals surface area (Å²) in [6.45, 7) is 8.95. The number of likely N-dealkylation sites (N-methyl/N-ethyl adjacent to an activating group) is 1. The SMILES string of the molecule is CCNC(CC)C(C)c1ccc2c(c1)OCCO2. The normalized spacial score (nSPS) is 17.3. The minimum absolute atomic E-state index is 0.478. The number of rotatable bonds is 5. The molecule has 0 radical (unpaired) electrons. The Bertz CT molecular complexity index is 392. The molecular formula is C15H23NO2. The Morgan fingerprint density at radius 2 is 1.89 bits per heavy atom. The Morgan fingerprint density at radius 1 is 1.17 bits per heavy atom. The van der Waals surface area contributed by atoms with Crippen molar-refractivity contribution in [3.05, 3.63) is 23.8 Å². The van der Waals surface area contributed by atoms with Crippen LogP contribution in [0.3, 0.4) is 0 Å². The van der Waals surface area contributed by atoms with Crippen molar-refractivity contribution < 1.29 is 9.47 Å². The highest BCUT2D eigenvalue weighted by Gasteiger charge is 2.19. The van der Waals surface area contributed by atoms with Gasteiger partial charge in [0.05, 0.1) is 0 Å². The van der Waals surface area contributed by atoms with Crippen LogP contribution in [0.15, 0.2) is 18.2 Å². The van der Waals surface area contributed by atoms with Gasteiger partial charge in [-0.05, 0) is 36.6 Å². The molecule has 1 aliphatic rings. The number of nitrogens with one attached hydrogen (secondary N) is 1. The lowest BCUT2D eigenvalue weighted by molar-refractivity contribution is 0.171. The van der Waals surface area contributed by atoms with Crippen LogP contribution in [0, 0.1) is 0 Å². The molecule has 0 saturated heterocycles. The van der Waals surface area contributed by atoms with Gasteiger partial charge in [0, 0.05) is 6.04 Å². The first-order valence-electron chi connectivity index (χ1n) is 6.89. The van der Waals surface area contributed by atoms with Crippen molar-refractivity contribution in [3.8, 4) is 11.5 Å². The highest BCUT2D eigenvalue weighted by Crippen LogP contribution is 2.34. The van der Waals surface area contributed by atoms with Gasteiger partial charge in [0.25, 0.3) is 0 Å². The third-order valence-electron chi connectivity index (χ3n) is 3.60. The topological polar surface area (TPSA) is 30.5 Å². The molecule has 0 saturated carbocycles. The van der Waals surface area contributed by atoms with Gasteiger partial charge in [-0.15, -0.1) is 0 Å². The van der Waals surface area contributed by atoms with E-state index in [1.54, 1.807) is 0 Å². The maximum absolute atomic E-state index is 5.64. The van der Waals surface area contributed by atoms with Crippen molar-refractivity contribution in [2.45, 2.75) is 39.2 Å². The van der Waals surface area contributed by atoms with Crippen molar-refractivity contribution in [2.75, 3.05) is 19.8 Å².